The molecule has 0 radical (unpaired) electrons. The Kier molecular flexibility index (Phi) is 7.63. The Balaban J connectivity index is 1.43. The van der Waals surface area contributed by atoms with Crippen molar-refractivity contribution in [3.63, 3.8) is 0 Å². The Morgan fingerprint density at radius 2 is 1.59 bits per heavy atom. The molecule has 10 nitrogen and oxygen atoms in total. The molecule has 1 aromatic heterocycles. The van der Waals surface area contributed by atoms with Crippen molar-refractivity contribution in [2.24, 2.45) is 0 Å². The van der Waals surface area contributed by atoms with Crippen molar-refractivity contribution in [1.82, 2.24) is 9.78 Å². The van der Waals surface area contributed by atoms with Gasteiger partial charge in [0.25, 0.3) is 5.91 Å². The van der Waals surface area contributed by atoms with Gasteiger partial charge in [-0.3, -0.25) is 9.59 Å². The van der Waals surface area contributed by atoms with E-state index in [9.17, 15) is 9.59 Å². The molecule has 4 aromatic carbocycles. The lowest BCUT2D eigenvalue weighted by Gasteiger charge is -2.12. The average molecular weight is 592 g/mol. The van der Waals surface area contributed by atoms with Crippen molar-refractivity contribution < 1.29 is 33.3 Å². The second-order valence-corrected chi connectivity index (χ2v) is 10.0. The number of esters is 1. The number of anilines is 1. The Morgan fingerprint density at radius 1 is 0.841 bits per heavy atom. The van der Waals surface area contributed by atoms with E-state index < -0.39 is 5.97 Å². The summed E-state index contributed by atoms with van der Waals surface area (Å²) >= 11 is 0. The van der Waals surface area contributed by atoms with Crippen molar-refractivity contribution in [3.05, 3.63) is 96.1 Å². The topological polar surface area (TPSA) is 110 Å². The van der Waals surface area contributed by atoms with E-state index in [-0.39, 0.29) is 18.6 Å². The first-order chi connectivity index (χ1) is 21.3. The normalized spacial score (nSPS) is 11.6. The number of rotatable bonds is 8. The summed E-state index contributed by atoms with van der Waals surface area (Å²) in [5.41, 5.74) is 5.33. The Bertz CT molecular complexity index is 1880. The van der Waals surface area contributed by atoms with Crippen LogP contribution in [0.1, 0.15) is 22.8 Å². The van der Waals surface area contributed by atoms with Gasteiger partial charge in [0.15, 0.2) is 23.0 Å². The Morgan fingerprint density at radius 3 is 2.32 bits per heavy atom. The maximum absolute atomic E-state index is 13.0. The van der Waals surface area contributed by atoms with Crippen molar-refractivity contribution in [3.8, 4) is 56.9 Å². The molecule has 0 aliphatic carbocycles. The number of aryl methyl sites for hydroxylation is 1. The summed E-state index contributed by atoms with van der Waals surface area (Å²) in [7, 11) is 3.13. The standard InChI is InChI=1S/C34H29N3O7/c1-20-6-5-7-26(16-20)37-34(44-21(2)38)31(32(36-37)23-10-14-27(40-3)29(17-23)41-4)22-8-12-25(13-9-22)35-33(39)24-11-15-28-30(18-24)43-19-42-28/h5-18H,19H2,1-4H3,(H,35,39). The number of hydrogen-bond acceptors (Lipinski definition) is 8. The molecule has 0 saturated heterocycles. The molecule has 0 unspecified atom stereocenters. The van der Waals surface area contributed by atoms with Crippen molar-refractivity contribution in [2.45, 2.75) is 13.8 Å². The minimum absolute atomic E-state index is 0.128. The SMILES string of the molecule is COc1ccc(-c2nn(-c3cccc(C)c3)c(OC(C)=O)c2-c2ccc(NC(=O)c3ccc4c(c3)OCO4)cc2)cc1OC. The molecular formula is C34H29N3O7. The highest BCUT2D eigenvalue weighted by Crippen LogP contribution is 2.43. The molecule has 0 bridgehead atoms. The van der Waals surface area contributed by atoms with E-state index in [1.54, 1.807) is 55.3 Å². The van der Waals surface area contributed by atoms with Crippen LogP contribution in [0.25, 0.3) is 28.1 Å². The first kappa shape index (κ1) is 28.4. The third kappa shape index (κ3) is 5.52. The molecule has 2 heterocycles. The van der Waals surface area contributed by atoms with Gasteiger partial charge in [-0.05, 0) is 78.7 Å². The fourth-order valence-electron chi connectivity index (χ4n) is 4.97. The van der Waals surface area contributed by atoms with Gasteiger partial charge in [0.05, 0.1) is 25.5 Å². The molecule has 1 aliphatic rings. The molecule has 0 saturated carbocycles. The summed E-state index contributed by atoms with van der Waals surface area (Å²) in [6, 6.07) is 25.5. The number of fused-ring (bicyclic) bond motifs is 1. The summed E-state index contributed by atoms with van der Waals surface area (Å²) < 4.78 is 29.2. The number of amides is 1. The summed E-state index contributed by atoms with van der Waals surface area (Å²) in [5, 5.41) is 7.86. The maximum atomic E-state index is 13.0. The number of aromatic nitrogens is 2. The van der Waals surface area contributed by atoms with Gasteiger partial charge in [0, 0.05) is 23.7 Å². The second-order valence-electron chi connectivity index (χ2n) is 10.0. The highest BCUT2D eigenvalue weighted by molar-refractivity contribution is 6.05. The molecular weight excluding hydrogens is 562 g/mol. The number of ether oxygens (including phenoxy) is 5. The van der Waals surface area contributed by atoms with Crippen LogP contribution in [0.15, 0.2) is 84.9 Å². The number of methoxy groups -OCH3 is 2. The summed E-state index contributed by atoms with van der Waals surface area (Å²) in [6.07, 6.45) is 0. The lowest BCUT2D eigenvalue weighted by Crippen LogP contribution is -2.11. The van der Waals surface area contributed by atoms with Crippen LogP contribution >= 0.6 is 0 Å². The molecule has 6 rings (SSSR count). The lowest BCUT2D eigenvalue weighted by molar-refractivity contribution is -0.132. The van der Waals surface area contributed by atoms with E-state index in [2.05, 4.69) is 5.32 Å². The molecule has 0 spiro atoms. The van der Waals surface area contributed by atoms with E-state index >= 15 is 0 Å². The van der Waals surface area contributed by atoms with Crippen LogP contribution < -0.4 is 29.0 Å². The first-order valence-corrected chi connectivity index (χ1v) is 13.8. The van der Waals surface area contributed by atoms with Crippen molar-refractivity contribution >= 4 is 17.6 Å². The zero-order valence-electron chi connectivity index (χ0n) is 24.5. The largest absolute Gasteiger partial charge is 0.493 e. The minimum atomic E-state index is -0.494. The van der Waals surface area contributed by atoms with Gasteiger partial charge < -0.3 is 29.0 Å². The number of benzene rings is 4. The lowest BCUT2D eigenvalue weighted by atomic mass is 10.0. The van der Waals surface area contributed by atoms with Gasteiger partial charge >= 0.3 is 5.97 Å². The zero-order valence-corrected chi connectivity index (χ0v) is 24.5. The van der Waals surface area contributed by atoms with Gasteiger partial charge in [-0.25, -0.2) is 0 Å². The third-order valence-corrected chi connectivity index (χ3v) is 7.05. The predicted octanol–water partition coefficient (Wildman–Crippen LogP) is 6.44. The summed E-state index contributed by atoms with van der Waals surface area (Å²) in [5.74, 6) is 1.69. The van der Waals surface area contributed by atoms with Gasteiger partial charge in [0.2, 0.25) is 12.7 Å². The van der Waals surface area contributed by atoms with Crippen molar-refractivity contribution in [1.29, 1.82) is 0 Å². The zero-order chi connectivity index (χ0) is 30.8. The fraction of sp³-hybridized carbons (Fsp3) is 0.147. The van der Waals surface area contributed by atoms with Gasteiger partial charge in [0.1, 0.15) is 5.69 Å². The number of nitrogens with zero attached hydrogens (tertiary/aromatic N) is 2. The Hall–Kier alpha value is -5.77. The van der Waals surface area contributed by atoms with E-state index in [1.165, 1.54) is 6.92 Å². The molecule has 1 amide bonds. The summed E-state index contributed by atoms with van der Waals surface area (Å²) in [4.78, 5) is 25.4. The molecule has 1 aliphatic heterocycles. The minimum Gasteiger partial charge on any atom is -0.493 e. The first-order valence-electron chi connectivity index (χ1n) is 13.8. The van der Waals surface area contributed by atoms with Crippen LogP contribution in [0, 0.1) is 6.92 Å². The van der Waals surface area contributed by atoms with E-state index in [1.807, 2.05) is 55.5 Å². The van der Waals surface area contributed by atoms with E-state index in [4.69, 9.17) is 28.8 Å². The van der Waals surface area contributed by atoms with Crippen LogP contribution in [0.4, 0.5) is 5.69 Å². The van der Waals surface area contributed by atoms with Crippen LogP contribution in [0.3, 0.4) is 0 Å². The van der Waals surface area contributed by atoms with Crippen LogP contribution in [-0.4, -0.2) is 42.7 Å². The molecule has 10 heteroatoms. The average Bonchev–Trinajstić information content (AvgIpc) is 3.65. The molecule has 5 aromatic rings. The molecule has 44 heavy (non-hydrogen) atoms. The van der Waals surface area contributed by atoms with Crippen LogP contribution in [-0.2, 0) is 4.79 Å². The molecule has 0 atom stereocenters. The fourth-order valence-corrected chi connectivity index (χ4v) is 4.97. The highest BCUT2D eigenvalue weighted by Gasteiger charge is 2.26. The van der Waals surface area contributed by atoms with Gasteiger partial charge in [-0.2, -0.15) is 9.78 Å². The molecule has 222 valence electrons. The van der Waals surface area contributed by atoms with E-state index in [0.29, 0.717) is 51.1 Å². The number of carbonyl (C=O) groups is 2. The Labute approximate surface area is 253 Å². The maximum Gasteiger partial charge on any atom is 0.309 e. The van der Waals surface area contributed by atoms with Crippen LogP contribution in [0.2, 0.25) is 0 Å². The van der Waals surface area contributed by atoms with E-state index in [0.717, 1.165) is 16.8 Å². The number of carbonyl (C=O) groups excluding carboxylic acids is 2. The monoisotopic (exact) mass is 591 g/mol. The van der Waals surface area contributed by atoms with Gasteiger partial charge in [-0.1, -0.05) is 24.3 Å². The van der Waals surface area contributed by atoms with Crippen molar-refractivity contribution in [2.75, 3.05) is 26.3 Å². The number of hydrogen-bond donors (Lipinski definition) is 1. The molecule has 1 N–H and O–H groups in total. The van der Waals surface area contributed by atoms with Gasteiger partial charge in [-0.15, -0.1) is 0 Å². The smallest absolute Gasteiger partial charge is 0.309 e. The summed E-state index contributed by atoms with van der Waals surface area (Å²) in [6.45, 7) is 3.45. The highest BCUT2D eigenvalue weighted by atomic mass is 16.7. The predicted molar refractivity (Wildman–Crippen MR) is 164 cm³/mol. The number of nitrogens with one attached hydrogen (secondary N) is 1. The third-order valence-electron chi connectivity index (χ3n) is 7.05. The molecule has 0 fully saturated rings. The quantitative estimate of drug-likeness (QED) is 0.205. The second kappa shape index (κ2) is 11.8. The van der Waals surface area contributed by atoms with Crippen LogP contribution in [0.5, 0.6) is 28.9 Å².